The molecule has 0 amide bonds. The predicted molar refractivity (Wildman–Crippen MR) is 110 cm³/mol. The number of aromatic nitrogens is 4. The van der Waals surface area contributed by atoms with Gasteiger partial charge in [0.15, 0.2) is 5.16 Å². The number of halogens is 1. The maximum atomic E-state index is 13.4. The minimum atomic E-state index is -0.360. The molecule has 0 aliphatic rings. The smallest absolute Gasteiger partial charge is 0.262 e. The Morgan fingerprint density at radius 3 is 2.76 bits per heavy atom. The van der Waals surface area contributed by atoms with Crippen molar-refractivity contribution in [1.82, 2.24) is 19.7 Å². The molecule has 0 radical (unpaired) electrons. The highest BCUT2D eigenvalue weighted by Gasteiger charge is 2.15. The molecule has 0 aliphatic carbocycles. The van der Waals surface area contributed by atoms with Gasteiger partial charge >= 0.3 is 0 Å². The molecule has 0 spiro atoms. The van der Waals surface area contributed by atoms with E-state index in [0.717, 1.165) is 0 Å². The molecule has 148 valence electrons. The van der Waals surface area contributed by atoms with Crippen LogP contribution in [0.25, 0.3) is 22.3 Å². The highest BCUT2D eigenvalue weighted by atomic mass is 32.2. The van der Waals surface area contributed by atoms with Crippen molar-refractivity contribution >= 4 is 22.7 Å². The zero-order valence-corrected chi connectivity index (χ0v) is 16.8. The van der Waals surface area contributed by atoms with Gasteiger partial charge in [-0.25, -0.2) is 9.37 Å². The van der Waals surface area contributed by atoms with Crippen molar-refractivity contribution in [3.8, 4) is 11.4 Å². The predicted octanol–water partition coefficient (Wildman–Crippen LogP) is 4.53. The molecule has 0 fully saturated rings. The van der Waals surface area contributed by atoms with Crippen molar-refractivity contribution in [2.24, 2.45) is 5.92 Å². The van der Waals surface area contributed by atoms with Crippen molar-refractivity contribution in [2.75, 3.05) is 0 Å². The second kappa shape index (κ2) is 8.16. The van der Waals surface area contributed by atoms with Gasteiger partial charge in [0, 0.05) is 12.1 Å². The Balaban J connectivity index is 1.62. The summed E-state index contributed by atoms with van der Waals surface area (Å²) in [6.45, 7) is 4.68. The lowest BCUT2D eigenvalue weighted by Crippen LogP contribution is -2.25. The molecule has 0 unspecified atom stereocenters. The highest BCUT2D eigenvalue weighted by Crippen LogP contribution is 2.24. The van der Waals surface area contributed by atoms with E-state index in [1.165, 1.54) is 23.9 Å². The van der Waals surface area contributed by atoms with Crippen molar-refractivity contribution in [3.05, 3.63) is 70.6 Å². The van der Waals surface area contributed by atoms with E-state index in [4.69, 9.17) is 4.52 Å². The fraction of sp³-hybridized carbons (Fsp3) is 0.238. The van der Waals surface area contributed by atoms with Gasteiger partial charge < -0.3 is 4.52 Å². The number of hydrogen-bond donors (Lipinski definition) is 0. The third-order valence-electron chi connectivity index (χ3n) is 4.25. The number of benzene rings is 2. The van der Waals surface area contributed by atoms with Crippen LogP contribution in [0.5, 0.6) is 0 Å². The maximum Gasteiger partial charge on any atom is 0.262 e. The zero-order valence-electron chi connectivity index (χ0n) is 16.0. The summed E-state index contributed by atoms with van der Waals surface area (Å²) in [5, 5.41) is 5.13. The number of para-hydroxylation sites is 1. The quantitative estimate of drug-likeness (QED) is 0.343. The summed E-state index contributed by atoms with van der Waals surface area (Å²) in [4.78, 5) is 21.9. The van der Waals surface area contributed by atoms with Crippen molar-refractivity contribution in [2.45, 2.75) is 31.3 Å². The van der Waals surface area contributed by atoms with Crippen molar-refractivity contribution in [3.63, 3.8) is 0 Å². The van der Waals surface area contributed by atoms with Crippen LogP contribution in [0.1, 0.15) is 19.7 Å². The van der Waals surface area contributed by atoms with Crippen molar-refractivity contribution < 1.29 is 8.91 Å². The molecule has 0 saturated heterocycles. The molecule has 29 heavy (non-hydrogen) atoms. The van der Waals surface area contributed by atoms with Gasteiger partial charge in [-0.05, 0) is 30.2 Å². The van der Waals surface area contributed by atoms with Crippen LogP contribution in [0.15, 0.2) is 63.0 Å². The first kappa shape index (κ1) is 19.3. The topological polar surface area (TPSA) is 73.8 Å². The summed E-state index contributed by atoms with van der Waals surface area (Å²) in [5.41, 5.74) is 1.15. The largest absolute Gasteiger partial charge is 0.338 e. The summed E-state index contributed by atoms with van der Waals surface area (Å²) in [7, 11) is 0. The second-order valence-electron chi connectivity index (χ2n) is 7.03. The highest BCUT2D eigenvalue weighted by molar-refractivity contribution is 7.98. The Kier molecular flexibility index (Phi) is 5.44. The summed E-state index contributed by atoms with van der Waals surface area (Å²) in [5.74, 6) is 0.990. The fourth-order valence-corrected chi connectivity index (χ4v) is 3.81. The fourth-order valence-electron chi connectivity index (χ4n) is 2.97. The van der Waals surface area contributed by atoms with Crippen LogP contribution in [-0.4, -0.2) is 19.7 Å². The lowest BCUT2D eigenvalue weighted by Gasteiger charge is -2.14. The molecule has 8 heteroatoms. The molecule has 4 rings (SSSR count). The molecule has 6 nitrogen and oxygen atoms in total. The number of hydrogen-bond acceptors (Lipinski definition) is 6. The Morgan fingerprint density at radius 1 is 1.14 bits per heavy atom. The van der Waals surface area contributed by atoms with Gasteiger partial charge in [0.25, 0.3) is 5.56 Å². The monoisotopic (exact) mass is 410 g/mol. The van der Waals surface area contributed by atoms with Gasteiger partial charge in [0.2, 0.25) is 11.7 Å². The Labute approximate surface area is 170 Å². The van der Waals surface area contributed by atoms with Crippen LogP contribution in [-0.2, 0) is 12.3 Å². The molecule has 4 aromatic rings. The van der Waals surface area contributed by atoms with E-state index in [-0.39, 0.29) is 17.3 Å². The SMILES string of the molecule is CC(C)Cn1c(SCc2nc(-c3cccc(F)c3)no2)nc2ccccc2c1=O. The number of nitrogens with zero attached hydrogens (tertiary/aromatic N) is 4. The molecule has 2 aromatic heterocycles. The van der Waals surface area contributed by atoms with Crippen LogP contribution in [0.3, 0.4) is 0 Å². The lowest BCUT2D eigenvalue weighted by atomic mass is 10.2. The molecular formula is C21H19FN4O2S. The number of rotatable bonds is 6. The summed E-state index contributed by atoms with van der Waals surface area (Å²) in [6, 6.07) is 13.3. The normalized spacial score (nSPS) is 11.4. The first-order valence-corrected chi connectivity index (χ1v) is 10.2. The van der Waals surface area contributed by atoms with E-state index in [9.17, 15) is 9.18 Å². The van der Waals surface area contributed by atoms with Crippen LogP contribution >= 0.6 is 11.8 Å². The minimum absolute atomic E-state index is 0.0576. The molecule has 0 aliphatic heterocycles. The van der Waals surface area contributed by atoms with Gasteiger partial charge in [-0.2, -0.15) is 4.98 Å². The lowest BCUT2D eigenvalue weighted by molar-refractivity contribution is 0.391. The molecule has 0 atom stereocenters. The van der Waals surface area contributed by atoms with Crippen LogP contribution in [0, 0.1) is 11.7 Å². The third-order valence-corrected chi connectivity index (χ3v) is 5.21. The van der Waals surface area contributed by atoms with Crippen LogP contribution < -0.4 is 5.56 Å². The summed E-state index contributed by atoms with van der Waals surface area (Å²) >= 11 is 1.36. The summed E-state index contributed by atoms with van der Waals surface area (Å²) < 4.78 is 20.4. The van der Waals surface area contributed by atoms with Gasteiger partial charge in [0.1, 0.15) is 5.82 Å². The Hall–Kier alpha value is -3.00. The van der Waals surface area contributed by atoms with Crippen LogP contribution in [0.2, 0.25) is 0 Å². The average Bonchev–Trinajstić information content (AvgIpc) is 3.18. The average molecular weight is 410 g/mol. The van der Waals surface area contributed by atoms with Crippen molar-refractivity contribution in [1.29, 1.82) is 0 Å². The summed E-state index contributed by atoms with van der Waals surface area (Å²) in [6.07, 6.45) is 0. The van der Waals surface area contributed by atoms with E-state index in [1.807, 2.05) is 18.2 Å². The number of thioether (sulfide) groups is 1. The third kappa shape index (κ3) is 4.22. The Morgan fingerprint density at radius 2 is 1.97 bits per heavy atom. The second-order valence-corrected chi connectivity index (χ2v) is 7.97. The first-order chi connectivity index (χ1) is 14.0. The maximum absolute atomic E-state index is 13.4. The Bertz CT molecular complexity index is 1220. The molecular weight excluding hydrogens is 391 g/mol. The molecule has 0 saturated carbocycles. The standard InChI is InChI=1S/C21H19FN4O2S/c1-13(2)11-26-20(27)16-8-3-4-9-17(16)23-21(26)29-12-18-24-19(25-28-18)14-6-5-7-15(22)10-14/h3-10,13H,11-12H2,1-2H3. The first-order valence-electron chi connectivity index (χ1n) is 9.22. The molecule has 0 bridgehead atoms. The van der Waals surface area contributed by atoms with Gasteiger partial charge in [-0.15, -0.1) is 0 Å². The van der Waals surface area contributed by atoms with Gasteiger partial charge in [-0.3, -0.25) is 9.36 Å². The van der Waals surface area contributed by atoms with Crippen LogP contribution in [0.4, 0.5) is 4.39 Å². The van der Waals surface area contributed by atoms with Gasteiger partial charge in [0.05, 0.1) is 16.7 Å². The van der Waals surface area contributed by atoms with E-state index in [2.05, 4.69) is 29.0 Å². The number of fused-ring (bicyclic) bond motifs is 1. The van der Waals surface area contributed by atoms with E-state index in [0.29, 0.717) is 45.6 Å². The zero-order chi connectivity index (χ0) is 20.4. The molecule has 0 N–H and O–H groups in total. The van der Waals surface area contributed by atoms with E-state index in [1.54, 1.807) is 22.8 Å². The minimum Gasteiger partial charge on any atom is -0.338 e. The molecule has 2 aromatic carbocycles. The van der Waals surface area contributed by atoms with E-state index >= 15 is 0 Å². The van der Waals surface area contributed by atoms with Gasteiger partial charge in [-0.1, -0.05) is 55.0 Å². The van der Waals surface area contributed by atoms with E-state index < -0.39 is 0 Å². The molecule has 2 heterocycles.